The van der Waals surface area contributed by atoms with Crippen LogP contribution in [0.5, 0.6) is 0 Å². The number of nitrogens with one attached hydrogen (secondary N) is 1. The maximum atomic E-state index is 11.2. The van der Waals surface area contributed by atoms with E-state index in [-0.39, 0.29) is 0 Å². The Morgan fingerprint density at radius 1 is 0.917 bits per heavy atom. The minimum absolute atomic E-state index is 0.354. The minimum atomic E-state index is -0.462. The highest BCUT2D eigenvalue weighted by molar-refractivity contribution is 5.83. The first-order valence-corrected chi connectivity index (χ1v) is 3.49. The lowest BCUT2D eigenvalue weighted by atomic mass is 10.2. The second-order valence-electron chi connectivity index (χ2n) is 2.58. The van der Waals surface area contributed by atoms with Crippen LogP contribution in [-0.2, 0) is 0 Å². The fourth-order valence-corrected chi connectivity index (χ4v) is 1.25. The molecule has 12 heavy (non-hydrogen) atoms. The van der Waals surface area contributed by atoms with Gasteiger partial charge in [0.25, 0.3) is 0 Å². The smallest absolute Gasteiger partial charge is 0.215 e. The van der Waals surface area contributed by atoms with Gasteiger partial charge in [0.2, 0.25) is 10.9 Å². The maximum Gasteiger partial charge on any atom is 0.215 e. The Morgan fingerprint density at radius 2 is 1.33 bits per heavy atom. The molecule has 2 rings (SSSR count). The Morgan fingerprint density at radius 3 is 1.75 bits per heavy atom. The van der Waals surface area contributed by atoms with Crippen molar-refractivity contribution in [3.63, 3.8) is 0 Å². The molecule has 0 heterocycles. The third kappa shape index (κ3) is 0.676. The van der Waals surface area contributed by atoms with Crippen LogP contribution in [-0.4, -0.2) is 0 Å². The zero-order valence-corrected chi connectivity index (χ0v) is 6.13. The summed E-state index contributed by atoms with van der Waals surface area (Å²) >= 11 is 0. The molecular weight excluding hydrogens is 154 g/mol. The summed E-state index contributed by atoms with van der Waals surface area (Å²) in [5.74, 6) is 0. The summed E-state index contributed by atoms with van der Waals surface area (Å²) in [6.07, 6.45) is 0. The summed E-state index contributed by atoms with van der Waals surface area (Å²) < 4.78 is 0. The highest BCUT2D eigenvalue weighted by Gasteiger charge is 2.06. The van der Waals surface area contributed by atoms with Gasteiger partial charge < -0.3 is 0 Å². The first-order chi connectivity index (χ1) is 5.72. The summed E-state index contributed by atoms with van der Waals surface area (Å²) in [6, 6.07) is 6.50. The largest absolute Gasteiger partial charge is 0.293 e. The lowest BCUT2D eigenvalue weighted by Crippen LogP contribution is -2.29. The second-order valence-corrected chi connectivity index (χ2v) is 2.58. The molecule has 0 aromatic heterocycles. The average Bonchev–Trinajstić information content (AvgIpc) is 2.33. The first kappa shape index (κ1) is 6.91. The van der Waals surface area contributed by atoms with Gasteiger partial charge in [-0.1, -0.05) is 24.3 Å². The molecule has 58 valence electrons. The van der Waals surface area contributed by atoms with Crippen molar-refractivity contribution in [1.82, 2.24) is 0 Å². The van der Waals surface area contributed by atoms with Gasteiger partial charge in [0, 0.05) is 10.8 Å². The van der Waals surface area contributed by atoms with E-state index in [1.54, 1.807) is 24.3 Å². The van der Waals surface area contributed by atoms with Crippen molar-refractivity contribution < 1.29 is 0 Å². The molecule has 0 spiro atoms. The normalized spacial score (nSPS) is 10.7. The van der Waals surface area contributed by atoms with Gasteiger partial charge in [0.15, 0.2) is 5.36 Å². The van der Waals surface area contributed by atoms with Crippen molar-refractivity contribution in [3.05, 3.63) is 50.1 Å². The lowest BCUT2D eigenvalue weighted by Gasteiger charge is -1.81. The van der Waals surface area contributed by atoms with Crippen molar-refractivity contribution in [2.45, 2.75) is 0 Å². The van der Waals surface area contributed by atoms with Crippen LogP contribution in [0.15, 0.2) is 33.9 Å². The van der Waals surface area contributed by atoms with Gasteiger partial charge in [-0.05, 0) is 0 Å². The number of hydrogen-bond acceptors (Lipinski definition) is 3. The van der Waals surface area contributed by atoms with Crippen molar-refractivity contribution in [1.29, 1.82) is 5.41 Å². The number of benzene rings is 1. The van der Waals surface area contributed by atoms with Gasteiger partial charge in [-0.15, -0.1) is 0 Å². The summed E-state index contributed by atoms with van der Waals surface area (Å²) in [7, 11) is 0. The summed E-state index contributed by atoms with van der Waals surface area (Å²) in [6.45, 7) is 0. The molecule has 0 aliphatic heterocycles. The molecule has 0 bridgehead atoms. The molecule has 0 fully saturated rings. The molecule has 0 atom stereocenters. The molecule has 0 aliphatic rings. The standard InChI is InChI=1S/C9H5NO2/c10-7-8(11)5-3-1-2-4-6(5)9(7)12/h1-4,10H. The van der Waals surface area contributed by atoms with E-state index >= 15 is 0 Å². The van der Waals surface area contributed by atoms with E-state index in [2.05, 4.69) is 0 Å². The van der Waals surface area contributed by atoms with E-state index in [0.29, 0.717) is 10.8 Å². The van der Waals surface area contributed by atoms with E-state index in [0.717, 1.165) is 0 Å². The van der Waals surface area contributed by atoms with Crippen LogP contribution in [0.3, 0.4) is 0 Å². The van der Waals surface area contributed by atoms with Crippen LogP contribution >= 0.6 is 0 Å². The summed E-state index contributed by atoms with van der Waals surface area (Å²) in [5.41, 5.74) is -0.925. The van der Waals surface area contributed by atoms with Gasteiger partial charge in [-0.25, -0.2) is 0 Å². The Hall–Kier alpha value is -1.77. The number of hydrogen-bond donors (Lipinski definition) is 1. The second kappa shape index (κ2) is 2.11. The van der Waals surface area contributed by atoms with Gasteiger partial charge in [-0.3, -0.25) is 15.0 Å². The molecule has 2 aromatic rings. The van der Waals surface area contributed by atoms with Gasteiger partial charge in [0.05, 0.1) is 0 Å². The van der Waals surface area contributed by atoms with Crippen molar-refractivity contribution >= 4 is 10.8 Å². The Labute approximate surface area is 67.1 Å². The molecule has 0 amide bonds. The monoisotopic (exact) mass is 159 g/mol. The molecular formula is C9H5NO2. The highest BCUT2D eigenvalue weighted by Crippen LogP contribution is 2.01. The van der Waals surface area contributed by atoms with E-state index < -0.39 is 16.2 Å². The molecule has 3 heteroatoms. The molecule has 0 aliphatic carbocycles. The molecule has 2 aromatic carbocycles. The lowest BCUT2D eigenvalue weighted by molar-refractivity contribution is 1.24. The number of fused-ring (bicyclic) bond motifs is 1. The maximum absolute atomic E-state index is 11.2. The SMILES string of the molecule is N=c1c(=O)c2ccccc2c1=O. The molecule has 0 saturated carbocycles. The van der Waals surface area contributed by atoms with Crippen molar-refractivity contribution in [3.8, 4) is 0 Å². The van der Waals surface area contributed by atoms with E-state index in [1.807, 2.05) is 0 Å². The molecule has 0 unspecified atom stereocenters. The topological polar surface area (TPSA) is 58.0 Å². The third-order valence-corrected chi connectivity index (χ3v) is 1.87. The van der Waals surface area contributed by atoms with Crippen LogP contribution < -0.4 is 16.2 Å². The Kier molecular flexibility index (Phi) is 1.21. The first-order valence-electron chi connectivity index (χ1n) is 3.49. The van der Waals surface area contributed by atoms with Crippen molar-refractivity contribution in [2.24, 2.45) is 0 Å². The summed E-state index contributed by atoms with van der Waals surface area (Å²) in [4.78, 5) is 22.3. The van der Waals surface area contributed by atoms with Crippen LogP contribution in [0, 0.1) is 5.41 Å². The molecule has 0 radical (unpaired) electrons. The third-order valence-electron chi connectivity index (χ3n) is 1.87. The van der Waals surface area contributed by atoms with Crippen LogP contribution in [0.25, 0.3) is 10.8 Å². The zero-order valence-electron chi connectivity index (χ0n) is 6.13. The predicted molar refractivity (Wildman–Crippen MR) is 44.7 cm³/mol. The molecule has 1 N–H and O–H groups in total. The fraction of sp³-hybridized carbons (Fsp3) is 0. The fourth-order valence-electron chi connectivity index (χ4n) is 1.25. The van der Waals surface area contributed by atoms with Crippen molar-refractivity contribution in [2.75, 3.05) is 0 Å². The van der Waals surface area contributed by atoms with Crippen LogP contribution in [0.1, 0.15) is 0 Å². The Bertz CT molecular complexity index is 527. The molecule has 0 saturated heterocycles. The minimum Gasteiger partial charge on any atom is -0.293 e. The molecule has 3 nitrogen and oxygen atoms in total. The van der Waals surface area contributed by atoms with E-state index in [1.165, 1.54) is 0 Å². The van der Waals surface area contributed by atoms with E-state index in [4.69, 9.17) is 5.41 Å². The highest BCUT2D eigenvalue weighted by atomic mass is 16.1. The van der Waals surface area contributed by atoms with Gasteiger partial charge in [0.1, 0.15) is 0 Å². The average molecular weight is 159 g/mol. The van der Waals surface area contributed by atoms with Gasteiger partial charge in [-0.2, -0.15) is 0 Å². The Balaban J connectivity index is 3.33. The van der Waals surface area contributed by atoms with Crippen LogP contribution in [0.4, 0.5) is 0 Å². The zero-order chi connectivity index (χ0) is 8.72. The van der Waals surface area contributed by atoms with Crippen LogP contribution in [0.2, 0.25) is 0 Å². The quantitative estimate of drug-likeness (QED) is 0.584. The van der Waals surface area contributed by atoms with Gasteiger partial charge >= 0.3 is 0 Å². The number of rotatable bonds is 0. The predicted octanol–water partition coefficient (Wildman–Crippen LogP) is -0.0847. The van der Waals surface area contributed by atoms with E-state index in [9.17, 15) is 9.59 Å². The summed E-state index contributed by atoms with van der Waals surface area (Å²) in [5, 5.41) is 7.44.